The van der Waals surface area contributed by atoms with Gasteiger partial charge in [-0.3, -0.25) is 24.1 Å². The molecule has 4 rings (SSSR count). The molecule has 5 amide bonds. The van der Waals surface area contributed by atoms with Crippen molar-refractivity contribution in [2.24, 2.45) is 0 Å². The molecule has 1 atom stereocenters. The zero-order chi connectivity index (χ0) is 20.7. The number of imide groups is 2. The molecule has 2 aromatic rings. The molecule has 0 spiro atoms. The Morgan fingerprint density at radius 2 is 1.66 bits per heavy atom. The van der Waals surface area contributed by atoms with Gasteiger partial charge in [-0.05, 0) is 36.2 Å². The SMILES string of the molecule is C[C@@H]1C(=O)Nc2ccc(C(=O)CN3C(=O)C(=O)N(Cc4ccccc4)C3=O)cc21. The Morgan fingerprint density at radius 1 is 0.966 bits per heavy atom. The maximum Gasteiger partial charge on any atom is 0.334 e. The summed E-state index contributed by atoms with van der Waals surface area (Å²) in [6.07, 6.45) is 0. The van der Waals surface area contributed by atoms with Crippen molar-refractivity contribution in [2.45, 2.75) is 19.4 Å². The molecule has 146 valence electrons. The number of rotatable bonds is 5. The zero-order valence-electron chi connectivity index (χ0n) is 15.5. The van der Waals surface area contributed by atoms with E-state index in [0.29, 0.717) is 21.7 Å². The van der Waals surface area contributed by atoms with E-state index >= 15 is 0 Å². The number of benzene rings is 2. The van der Waals surface area contributed by atoms with Crippen LogP contribution in [0.2, 0.25) is 0 Å². The van der Waals surface area contributed by atoms with Crippen LogP contribution >= 0.6 is 0 Å². The third-order valence-electron chi connectivity index (χ3n) is 5.11. The van der Waals surface area contributed by atoms with Crippen molar-refractivity contribution in [3.8, 4) is 0 Å². The Hall–Kier alpha value is -3.81. The first-order chi connectivity index (χ1) is 13.9. The van der Waals surface area contributed by atoms with Crippen LogP contribution in [0.25, 0.3) is 0 Å². The maximum absolute atomic E-state index is 12.7. The second-order valence-electron chi connectivity index (χ2n) is 6.99. The van der Waals surface area contributed by atoms with Crippen molar-refractivity contribution in [3.63, 3.8) is 0 Å². The average molecular weight is 391 g/mol. The zero-order valence-corrected chi connectivity index (χ0v) is 15.5. The Kier molecular flexibility index (Phi) is 4.46. The molecule has 8 heteroatoms. The Balaban J connectivity index is 1.51. The van der Waals surface area contributed by atoms with Crippen LogP contribution in [0.5, 0.6) is 0 Å². The van der Waals surface area contributed by atoms with Crippen LogP contribution in [0.15, 0.2) is 48.5 Å². The van der Waals surface area contributed by atoms with Gasteiger partial charge >= 0.3 is 17.8 Å². The quantitative estimate of drug-likeness (QED) is 0.476. The minimum atomic E-state index is -1.02. The number of carbonyl (C=O) groups excluding carboxylic acids is 5. The number of nitrogens with zero attached hydrogens (tertiary/aromatic N) is 2. The minimum absolute atomic E-state index is 0.0426. The molecule has 0 unspecified atom stereocenters. The van der Waals surface area contributed by atoms with E-state index in [2.05, 4.69) is 5.32 Å². The molecule has 2 aliphatic heterocycles. The Bertz CT molecular complexity index is 1060. The van der Waals surface area contributed by atoms with Crippen molar-refractivity contribution in [2.75, 3.05) is 11.9 Å². The van der Waals surface area contributed by atoms with Gasteiger partial charge in [0, 0.05) is 11.3 Å². The number of Topliss-reactive ketones (excluding diaryl/α,β-unsaturated/α-hetero) is 1. The smallest absolute Gasteiger partial charge is 0.325 e. The molecule has 2 aliphatic rings. The van der Waals surface area contributed by atoms with E-state index in [1.807, 2.05) is 0 Å². The van der Waals surface area contributed by atoms with Crippen LogP contribution in [0.3, 0.4) is 0 Å². The van der Waals surface area contributed by atoms with Crippen LogP contribution in [0, 0.1) is 0 Å². The summed E-state index contributed by atoms with van der Waals surface area (Å²) in [5.74, 6) is -3.02. The number of nitrogens with one attached hydrogen (secondary N) is 1. The summed E-state index contributed by atoms with van der Waals surface area (Å²) < 4.78 is 0. The van der Waals surface area contributed by atoms with Gasteiger partial charge in [-0.2, -0.15) is 0 Å². The second kappa shape index (κ2) is 6.97. The van der Waals surface area contributed by atoms with Gasteiger partial charge in [-0.1, -0.05) is 30.3 Å². The first-order valence-electron chi connectivity index (χ1n) is 9.06. The largest absolute Gasteiger partial charge is 0.334 e. The topological polar surface area (TPSA) is 104 Å². The van der Waals surface area contributed by atoms with E-state index in [9.17, 15) is 24.0 Å². The fourth-order valence-corrected chi connectivity index (χ4v) is 3.42. The summed E-state index contributed by atoms with van der Waals surface area (Å²) in [5.41, 5.74) is 2.28. The van der Waals surface area contributed by atoms with Gasteiger partial charge < -0.3 is 5.32 Å². The summed E-state index contributed by atoms with van der Waals surface area (Å²) in [6, 6.07) is 12.7. The number of carbonyl (C=O) groups is 5. The fraction of sp³-hybridized carbons (Fsp3) is 0.190. The lowest BCUT2D eigenvalue weighted by atomic mass is 9.99. The average Bonchev–Trinajstić information content (AvgIpc) is 3.11. The highest BCUT2D eigenvalue weighted by molar-refractivity contribution is 6.45. The van der Waals surface area contributed by atoms with E-state index in [-0.39, 0.29) is 18.0 Å². The van der Waals surface area contributed by atoms with Crippen LogP contribution in [0.4, 0.5) is 10.5 Å². The molecule has 0 bridgehead atoms. The van der Waals surface area contributed by atoms with Gasteiger partial charge in [0.1, 0.15) is 0 Å². The highest BCUT2D eigenvalue weighted by Gasteiger charge is 2.45. The Labute approximate surface area is 166 Å². The number of amides is 5. The van der Waals surface area contributed by atoms with Crippen LogP contribution in [0.1, 0.15) is 34.3 Å². The molecule has 0 saturated carbocycles. The monoisotopic (exact) mass is 391 g/mol. The van der Waals surface area contributed by atoms with Gasteiger partial charge in [0.25, 0.3) is 0 Å². The maximum atomic E-state index is 12.7. The van der Waals surface area contributed by atoms with E-state index in [1.165, 1.54) is 6.07 Å². The molecule has 0 radical (unpaired) electrons. The lowest BCUT2D eigenvalue weighted by Gasteiger charge is -2.15. The molecule has 8 nitrogen and oxygen atoms in total. The number of urea groups is 1. The minimum Gasteiger partial charge on any atom is -0.325 e. The predicted molar refractivity (Wildman–Crippen MR) is 102 cm³/mol. The third kappa shape index (κ3) is 3.18. The highest BCUT2D eigenvalue weighted by atomic mass is 16.2. The first kappa shape index (κ1) is 18.5. The molecule has 1 saturated heterocycles. The second-order valence-corrected chi connectivity index (χ2v) is 6.99. The fourth-order valence-electron chi connectivity index (χ4n) is 3.42. The van der Waals surface area contributed by atoms with Gasteiger partial charge in [0.2, 0.25) is 5.91 Å². The standard InChI is InChI=1S/C21H17N3O5/c1-12-15-9-14(7-8-16(15)22-18(12)26)17(25)11-24-20(28)19(27)23(21(24)29)10-13-5-3-2-4-6-13/h2-9,12H,10-11H2,1H3,(H,22,26)/t12-/m0/s1. The van der Waals surface area contributed by atoms with Crippen LogP contribution in [-0.4, -0.2) is 45.9 Å². The molecule has 0 aromatic heterocycles. The lowest BCUT2D eigenvalue weighted by Crippen LogP contribution is -2.36. The molecule has 0 aliphatic carbocycles. The predicted octanol–water partition coefficient (Wildman–Crippen LogP) is 1.92. The number of hydrogen-bond acceptors (Lipinski definition) is 5. The molecule has 2 heterocycles. The number of ketones is 1. The first-order valence-corrected chi connectivity index (χ1v) is 9.06. The summed E-state index contributed by atoms with van der Waals surface area (Å²) in [5, 5.41) is 2.72. The normalized spacial score (nSPS) is 18.3. The van der Waals surface area contributed by atoms with E-state index in [4.69, 9.17) is 0 Å². The van der Waals surface area contributed by atoms with Crippen molar-refractivity contribution in [1.82, 2.24) is 9.80 Å². The molecule has 2 aromatic carbocycles. The number of fused-ring (bicyclic) bond motifs is 1. The summed E-state index contributed by atoms with van der Waals surface area (Å²) in [4.78, 5) is 63.0. The van der Waals surface area contributed by atoms with Crippen molar-refractivity contribution >= 4 is 35.2 Å². The van der Waals surface area contributed by atoms with E-state index in [0.717, 1.165) is 4.90 Å². The van der Waals surface area contributed by atoms with E-state index in [1.54, 1.807) is 49.4 Å². The van der Waals surface area contributed by atoms with Gasteiger partial charge in [-0.25, -0.2) is 9.69 Å². The number of anilines is 1. The lowest BCUT2D eigenvalue weighted by molar-refractivity contribution is -0.143. The molecular weight excluding hydrogens is 374 g/mol. The summed E-state index contributed by atoms with van der Waals surface area (Å²) in [6.45, 7) is 1.14. The van der Waals surface area contributed by atoms with Crippen molar-refractivity contribution < 1.29 is 24.0 Å². The summed E-state index contributed by atoms with van der Waals surface area (Å²) in [7, 11) is 0. The van der Waals surface area contributed by atoms with Gasteiger partial charge in [0.05, 0.1) is 19.0 Å². The Morgan fingerprint density at radius 3 is 2.38 bits per heavy atom. The van der Waals surface area contributed by atoms with E-state index < -0.39 is 36.1 Å². The molecule has 1 N–H and O–H groups in total. The van der Waals surface area contributed by atoms with Crippen molar-refractivity contribution in [1.29, 1.82) is 0 Å². The molecule has 1 fully saturated rings. The van der Waals surface area contributed by atoms with Crippen LogP contribution in [-0.2, 0) is 20.9 Å². The highest BCUT2D eigenvalue weighted by Crippen LogP contribution is 2.32. The van der Waals surface area contributed by atoms with Crippen LogP contribution < -0.4 is 5.32 Å². The number of hydrogen-bond donors (Lipinski definition) is 1. The van der Waals surface area contributed by atoms with Gasteiger partial charge in [0.15, 0.2) is 5.78 Å². The van der Waals surface area contributed by atoms with Crippen molar-refractivity contribution in [3.05, 3.63) is 65.2 Å². The molecule has 29 heavy (non-hydrogen) atoms. The third-order valence-corrected chi connectivity index (χ3v) is 5.11. The van der Waals surface area contributed by atoms with Gasteiger partial charge in [-0.15, -0.1) is 0 Å². The summed E-state index contributed by atoms with van der Waals surface area (Å²) >= 11 is 0. The molecular formula is C21H17N3O5.